The van der Waals surface area contributed by atoms with Crippen molar-refractivity contribution < 1.29 is 24.2 Å². The maximum Gasteiger partial charge on any atom is 0.330 e. The van der Waals surface area contributed by atoms with E-state index < -0.39 is 22.8 Å². The Balaban J connectivity index is 2.00. The van der Waals surface area contributed by atoms with Crippen molar-refractivity contribution in [2.24, 2.45) is 5.41 Å². The minimum Gasteiger partial charge on any atom is -0.479 e. The molecule has 1 aliphatic rings. The van der Waals surface area contributed by atoms with Gasteiger partial charge in [0.15, 0.2) is 0 Å². The Kier molecular flexibility index (Phi) is 5.94. The van der Waals surface area contributed by atoms with Gasteiger partial charge in [0, 0.05) is 24.0 Å². The number of carbonyl (C=O) groups excluding carboxylic acids is 2. The van der Waals surface area contributed by atoms with E-state index in [-0.39, 0.29) is 25.0 Å². The summed E-state index contributed by atoms with van der Waals surface area (Å²) in [4.78, 5) is 36.4. The lowest BCUT2D eigenvalue weighted by atomic mass is 9.54. The van der Waals surface area contributed by atoms with Gasteiger partial charge in [-0.1, -0.05) is 19.9 Å². The lowest BCUT2D eigenvalue weighted by Gasteiger charge is -2.58. The van der Waals surface area contributed by atoms with Gasteiger partial charge in [0.1, 0.15) is 5.54 Å². The van der Waals surface area contributed by atoms with Crippen LogP contribution in [0.5, 0.6) is 0 Å². The highest BCUT2D eigenvalue weighted by atomic mass is 16.5. The molecule has 7 heteroatoms. The molecule has 0 radical (unpaired) electrons. The molecular formula is C20H28N2O5. The molecule has 148 valence electrons. The number of carbonyl (C=O) groups is 3. The van der Waals surface area contributed by atoms with Crippen molar-refractivity contribution in [3.8, 4) is 0 Å². The Bertz CT molecular complexity index is 759. The third kappa shape index (κ3) is 3.83. The number of benzene rings is 1. The first-order valence-corrected chi connectivity index (χ1v) is 9.06. The van der Waals surface area contributed by atoms with Gasteiger partial charge in [0.25, 0.3) is 5.91 Å². The SMILES string of the molecule is CCOC1CC(NC(=O)CNC(=O)c2ccc(C)c(C)c2)(C(=O)O)C1(C)C. The van der Waals surface area contributed by atoms with Gasteiger partial charge in [-0.2, -0.15) is 0 Å². The summed E-state index contributed by atoms with van der Waals surface area (Å²) in [5.74, 6) is -2.02. The lowest BCUT2D eigenvalue weighted by Crippen LogP contribution is -2.76. The summed E-state index contributed by atoms with van der Waals surface area (Å²) >= 11 is 0. The summed E-state index contributed by atoms with van der Waals surface area (Å²) in [6.45, 7) is 9.41. The number of amides is 2. The number of hydrogen-bond acceptors (Lipinski definition) is 4. The summed E-state index contributed by atoms with van der Waals surface area (Å²) < 4.78 is 5.57. The van der Waals surface area contributed by atoms with Crippen LogP contribution in [-0.2, 0) is 14.3 Å². The molecule has 2 unspecified atom stereocenters. The van der Waals surface area contributed by atoms with E-state index in [2.05, 4.69) is 10.6 Å². The zero-order valence-corrected chi connectivity index (χ0v) is 16.5. The molecule has 2 amide bonds. The van der Waals surface area contributed by atoms with Gasteiger partial charge in [-0.15, -0.1) is 0 Å². The molecule has 2 atom stereocenters. The molecule has 1 aromatic carbocycles. The second-order valence-electron chi connectivity index (χ2n) is 7.61. The van der Waals surface area contributed by atoms with Crippen LogP contribution in [0.25, 0.3) is 0 Å². The van der Waals surface area contributed by atoms with Crippen molar-refractivity contribution in [1.82, 2.24) is 10.6 Å². The van der Waals surface area contributed by atoms with Crippen molar-refractivity contribution in [1.29, 1.82) is 0 Å². The highest BCUT2D eigenvalue weighted by molar-refractivity contribution is 5.97. The third-order valence-corrected chi connectivity index (χ3v) is 5.66. The molecule has 0 heterocycles. The molecular weight excluding hydrogens is 348 g/mol. The zero-order chi connectivity index (χ0) is 20.4. The van der Waals surface area contributed by atoms with Crippen LogP contribution in [0, 0.1) is 19.3 Å². The van der Waals surface area contributed by atoms with Crippen LogP contribution >= 0.6 is 0 Å². The van der Waals surface area contributed by atoms with Gasteiger partial charge >= 0.3 is 5.97 Å². The van der Waals surface area contributed by atoms with Crippen molar-refractivity contribution in [3.05, 3.63) is 34.9 Å². The maximum atomic E-state index is 12.3. The van der Waals surface area contributed by atoms with Gasteiger partial charge in [0.05, 0.1) is 12.6 Å². The van der Waals surface area contributed by atoms with Crippen molar-refractivity contribution >= 4 is 17.8 Å². The van der Waals surface area contributed by atoms with E-state index in [9.17, 15) is 19.5 Å². The quantitative estimate of drug-likeness (QED) is 0.673. The molecule has 0 aromatic heterocycles. The average molecular weight is 376 g/mol. The smallest absolute Gasteiger partial charge is 0.330 e. The van der Waals surface area contributed by atoms with E-state index in [1.54, 1.807) is 26.0 Å². The fourth-order valence-corrected chi connectivity index (χ4v) is 3.46. The average Bonchev–Trinajstić information content (AvgIpc) is 2.60. The van der Waals surface area contributed by atoms with Crippen LogP contribution in [0.2, 0.25) is 0 Å². The van der Waals surface area contributed by atoms with E-state index in [0.29, 0.717) is 12.2 Å². The van der Waals surface area contributed by atoms with Gasteiger partial charge < -0.3 is 20.5 Å². The topological polar surface area (TPSA) is 105 Å². The number of rotatable bonds is 7. The van der Waals surface area contributed by atoms with Crippen molar-refractivity contribution in [2.45, 2.75) is 52.7 Å². The highest BCUT2D eigenvalue weighted by Gasteiger charge is 2.66. The van der Waals surface area contributed by atoms with Gasteiger partial charge in [0.2, 0.25) is 5.91 Å². The Hall–Kier alpha value is -2.41. The van der Waals surface area contributed by atoms with Gasteiger partial charge in [-0.25, -0.2) is 4.79 Å². The second-order valence-corrected chi connectivity index (χ2v) is 7.61. The first kappa shape index (κ1) is 20.9. The highest BCUT2D eigenvalue weighted by Crippen LogP contribution is 2.51. The van der Waals surface area contributed by atoms with Crippen molar-refractivity contribution in [3.63, 3.8) is 0 Å². The van der Waals surface area contributed by atoms with Gasteiger partial charge in [-0.05, 0) is 44.0 Å². The molecule has 1 fully saturated rings. The number of carboxylic acid groups (broad SMARTS) is 1. The molecule has 0 spiro atoms. The Labute approximate surface area is 159 Å². The summed E-state index contributed by atoms with van der Waals surface area (Å²) in [5, 5.41) is 14.9. The van der Waals surface area contributed by atoms with Crippen LogP contribution in [0.15, 0.2) is 18.2 Å². The third-order valence-electron chi connectivity index (χ3n) is 5.66. The van der Waals surface area contributed by atoms with Crippen LogP contribution in [0.1, 0.15) is 48.7 Å². The fourth-order valence-electron chi connectivity index (χ4n) is 3.46. The number of ether oxygens (including phenoxy) is 1. The van der Waals surface area contributed by atoms with Crippen LogP contribution < -0.4 is 10.6 Å². The summed E-state index contributed by atoms with van der Waals surface area (Å²) in [7, 11) is 0. The number of hydrogen-bond donors (Lipinski definition) is 3. The molecule has 0 aliphatic heterocycles. The maximum absolute atomic E-state index is 12.3. The molecule has 0 bridgehead atoms. The monoisotopic (exact) mass is 376 g/mol. The van der Waals surface area contributed by atoms with E-state index in [1.165, 1.54) is 0 Å². The second kappa shape index (κ2) is 7.68. The summed E-state index contributed by atoms with van der Waals surface area (Å²) in [6.07, 6.45) is -0.0518. The predicted molar refractivity (Wildman–Crippen MR) is 101 cm³/mol. The summed E-state index contributed by atoms with van der Waals surface area (Å²) in [6, 6.07) is 5.29. The van der Waals surface area contributed by atoms with E-state index in [0.717, 1.165) is 11.1 Å². The molecule has 1 aliphatic carbocycles. The van der Waals surface area contributed by atoms with E-state index in [1.807, 2.05) is 26.8 Å². The number of nitrogens with one attached hydrogen (secondary N) is 2. The zero-order valence-electron chi connectivity index (χ0n) is 16.5. The normalized spacial score (nSPS) is 23.2. The Morgan fingerprint density at radius 1 is 1.22 bits per heavy atom. The Morgan fingerprint density at radius 2 is 1.89 bits per heavy atom. The molecule has 2 rings (SSSR count). The number of aryl methyl sites for hydroxylation is 2. The van der Waals surface area contributed by atoms with E-state index >= 15 is 0 Å². The van der Waals surface area contributed by atoms with Gasteiger partial charge in [-0.3, -0.25) is 9.59 Å². The van der Waals surface area contributed by atoms with Crippen molar-refractivity contribution in [2.75, 3.05) is 13.2 Å². The minimum atomic E-state index is -1.41. The molecule has 0 saturated heterocycles. The fraction of sp³-hybridized carbons (Fsp3) is 0.550. The van der Waals surface area contributed by atoms with E-state index in [4.69, 9.17) is 4.74 Å². The minimum absolute atomic E-state index is 0.194. The number of aliphatic carboxylic acids is 1. The number of carboxylic acids is 1. The molecule has 3 N–H and O–H groups in total. The predicted octanol–water partition coefficient (Wildman–Crippen LogP) is 1.81. The molecule has 7 nitrogen and oxygen atoms in total. The first-order valence-electron chi connectivity index (χ1n) is 9.06. The first-order chi connectivity index (χ1) is 12.5. The lowest BCUT2D eigenvalue weighted by molar-refractivity contribution is -0.194. The molecule has 1 aromatic rings. The van der Waals surface area contributed by atoms with Crippen LogP contribution in [0.4, 0.5) is 0 Å². The largest absolute Gasteiger partial charge is 0.479 e. The summed E-state index contributed by atoms with van der Waals surface area (Å²) in [5.41, 5.74) is 0.343. The van der Waals surface area contributed by atoms with Crippen LogP contribution in [-0.4, -0.2) is 47.7 Å². The molecule has 1 saturated carbocycles. The van der Waals surface area contributed by atoms with Crippen LogP contribution in [0.3, 0.4) is 0 Å². The molecule has 27 heavy (non-hydrogen) atoms. The standard InChI is InChI=1S/C20H28N2O5/c1-6-27-15-10-20(18(25)26,19(15,4)5)22-16(23)11-21-17(24)14-8-7-12(2)13(3)9-14/h7-9,15H,6,10-11H2,1-5H3,(H,21,24)(H,22,23)(H,25,26). The Morgan fingerprint density at radius 3 is 2.41 bits per heavy atom.